The molecule has 0 saturated heterocycles. The van der Waals surface area contributed by atoms with E-state index >= 15 is 0 Å². The molecule has 4 aromatic rings. The van der Waals surface area contributed by atoms with E-state index in [1.807, 2.05) is 24.3 Å². The summed E-state index contributed by atoms with van der Waals surface area (Å²) in [5.41, 5.74) is 3.37. The van der Waals surface area contributed by atoms with Gasteiger partial charge in [-0.05, 0) is 54.8 Å². The fourth-order valence-corrected chi connectivity index (χ4v) is 3.67. The second-order valence-electron chi connectivity index (χ2n) is 7.27. The number of rotatable bonds is 9. The Hall–Kier alpha value is -3.05. The fourth-order valence-electron chi connectivity index (χ4n) is 3.55. The summed E-state index contributed by atoms with van der Waals surface area (Å²) in [5.74, 6) is 1.28. The van der Waals surface area contributed by atoms with E-state index in [2.05, 4.69) is 34.1 Å². The van der Waals surface area contributed by atoms with Gasteiger partial charge in [0.25, 0.3) is 5.91 Å². The second kappa shape index (κ2) is 9.63. The Kier molecular flexibility index (Phi) is 6.50. The lowest BCUT2D eigenvalue weighted by Crippen LogP contribution is -2.23. The third-order valence-corrected chi connectivity index (χ3v) is 5.35. The second-order valence-corrected chi connectivity index (χ2v) is 7.71. The molecule has 0 bridgehead atoms. The summed E-state index contributed by atoms with van der Waals surface area (Å²) in [6.45, 7) is 1.41. The Labute approximate surface area is 180 Å². The number of furan rings is 1. The van der Waals surface area contributed by atoms with Crippen molar-refractivity contribution in [2.24, 2.45) is 0 Å². The highest BCUT2D eigenvalue weighted by Gasteiger charge is 2.11. The number of fused-ring (bicyclic) bond motifs is 1. The van der Waals surface area contributed by atoms with Crippen molar-refractivity contribution in [1.82, 2.24) is 14.9 Å². The van der Waals surface area contributed by atoms with Crippen LogP contribution in [0.25, 0.3) is 11.0 Å². The molecular weight excluding hydrogens is 398 g/mol. The molecule has 0 radical (unpaired) electrons. The molecule has 4 rings (SSSR count). The monoisotopic (exact) mass is 421 g/mol. The van der Waals surface area contributed by atoms with Gasteiger partial charge in [0.1, 0.15) is 5.82 Å². The summed E-state index contributed by atoms with van der Waals surface area (Å²) in [5, 5.41) is 3.63. The van der Waals surface area contributed by atoms with E-state index in [4.69, 9.17) is 21.0 Å². The van der Waals surface area contributed by atoms with Crippen LogP contribution in [0.15, 0.2) is 71.3 Å². The van der Waals surface area contributed by atoms with Crippen LogP contribution in [0, 0.1) is 0 Å². The number of benzene rings is 2. The number of para-hydroxylation sites is 2. The van der Waals surface area contributed by atoms with Gasteiger partial charge in [-0.3, -0.25) is 4.79 Å². The number of carbonyl (C=O) groups excluding carboxylic acids is 1. The minimum Gasteiger partial charge on any atom is -0.459 e. The number of aryl methyl sites for hydroxylation is 1. The SMILES string of the molecule is O=C(NCCCCCc1nc2ccccc2n1Cc1ccc(Cl)cc1)c1ccco1. The zero-order chi connectivity index (χ0) is 20.8. The maximum atomic E-state index is 11.9. The number of hydrogen-bond acceptors (Lipinski definition) is 3. The number of halogens is 1. The van der Waals surface area contributed by atoms with Crippen molar-refractivity contribution in [1.29, 1.82) is 0 Å². The molecule has 2 aromatic carbocycles. The first-order chi connectivity index (χ1) is 14.7. The summed E-state index contributed by atoms with van der Waals surface area (Å²) in [7, 11) is 0. The Bertz CT molecular complexity index is 1100. The molecule has 0 unspecified atom stereocenters. The van der Waals surface area contributed by atoms with Crippen molar-refractivity contribution in [3.8, 4) is 0 Å². The molecule has 2 aromatic heterocycles. The Morgan fingerprint density at radius 3 is 2.63 bits per heavy atom. The quantitative estimate of drug-likeness (QED) is 0.364. The van der Waals surface area contributed by atoms with E-state index in [9.17, 15) is 4.79 Å². The predicted molar refractivity (Wildman–Crippen MR) is 119 cm³/mol. The molecule has 6 heteroatoms. The number of hydrogen-bond donors (Lipinski definition) is 1. The van der Waals surface area contributed by atoms with Crippen molar-refractivity contribution < 1.29 is 9.21 Å². The zero-order valence-corrected chi connectivity index (χ0v) is 17.4. The number of imidazole rings is 1. The van der Waals surface area contributed by atoms with E-state index in [-0.39, 0.29) is 5.91 Å². The van der Waals surface area contributed by atoms with Gasteiger partial charge < -0.3 is 14.3 Å². The number of unbranched alkanes of at least 4 members (excludes halogenated alkanes) is 2. The van der Waals surface area contributed by atoms with Crippen LogP contribution in [-0.2, 0) is 13.0 Å². The van der Waals surface area contributed by atoms with Crippen molar-refractivity contribution in [3.05, 3.63) is 89.1 Å². The van der Waals surface area contributed by atoms with Crippen LogP contribution in [-0.4, -0.2) is 22.0 Å². The van der Waals surface area contributed by atoms with E-state index in [1.165, 1.54) is 11.8 Å². The smallest absolute Gasteiger partial charge is 0.286 e. The summed E-state index contributed by atoms with van der Waals surface area (Å²) in [6, 6.07) is 19.6. The molecule has 0 aliphatic carbocycles. The number of amides is 1. The van der Waals surface area contributed by atoms with Gasteiger partial charge in [-0.1, -0.05) is 42.3 Å². The van der Waals surface area contributed by atoms with E-state index in [0.717, 1.165) is 54.1 Å². The average molecular weight is 422 g/mol. The molecule has 30 heavy (non-hydrogen) atoms. The van der Waals surface area contributed by atoms with Crippen LogP contribution in [0.1, 0.15) is 41.2 Å². The average Bonchev–Trinajstić information content (AvgIpc) is 3.41. The van der Waals surface area contributed by atoms with Crippen LogP contribution in [0.4, 0.5) is 0 Å². The number of carbonyl (C=O) groups is 1. The number of nitrogens with zero attached hydrogens (tertiary/aromatic N) is 2. The molecule has 0 aliphatic rings. The summed E-state index contributed by atoms with van der Waals surface area (Å²) < 4.78 is 7.39. The maximum Gasteiger partial charge on any atom is 0.286 e. The van der Waals surface area contributed by atoms with Crippen LogP contribution >= 0.6 is 11.6 Å². The molecule has 154 valence electrons. The fraction of sp³-hybridized carbons (Fsp3) is 0.250. The van der Waals surface area contributed by atoms with Gasteiger partial charge in [0.15, 0.2) is 5.76 Å². The lowest BCUT2D eigenvalue weighted by Gasteiger charge is -2.10. The van der Waals surface area contributed by atoms with Gasteiger partial charge in [-0.15, -0.1) is 0 Å². The number of aromatic nitrogens is 2. The Morgan fingerprint density at radius 2 is 1.83 bits per heavy atom. The number of nitrogens with one attached hydrogen (secondary N) is 1. The van der Waals surface area contributed by atoms with Gasteiger partial charge in [-0.25, -0.2) is 4.98 Å². The zero-order valence-electron chi connectivity index (χ0n) is 16.7. The highest BCUT2D eigenvalue weighted by molar-refractivity contribution is 6.30. The van der Waals surface area contributed by atoms with Crippen molar-refractivity contribution in [2.45, 2.75) is 32.2 Å². The lowest BCUT2D eigenvalue weighted by atomic mass is 10.1. The normalized spacial score (nSPS) is 11.1. The first kappa shape index (κ1) is 20.2. The Morgan fingerprint density at radius 1 is 1.00 bits per heavy atom. The molecule has 0 atom stereocenters. The molecule has 5 nitrogen and oxygen atoms in total. The van der Waals surface area contributed by atoms with Crippen molar-refractivity contribution in [3.63, 3.8) is 0 Å². The third kappa shape index (κ3) is 4.92. The molecule has 1 amide bonds. The molecule has 0 spiro atoms. The highest BCUT2D eigenvalue weighted by Crippen LogP contribution is 2.20. The van der Waals surface area contributed by atoms with Gasteiger partial charge in [0.2, 0.25) is 0 Å². The lowest BCUT2D eigenvalue weighted by molar-refractivity contribution is 0.0925. The topological polar surface area (TPSA) is 60.1 Å². The molecule has 0 fully saturated rings. The van der Waals surface area contributed by atoms with Crippen molar-refractivity contribution >= 4 is 28.5 Å². The van der Waals surface area contributed by atoms with Gasteiger partial charge >= 0.3 is 0 Å². The van der Waals surface area contributed by atoms with E-state index in [1.54, 1.807) is 12.1 Å². The molecule has 0 saturated carbocycles. The van der Waals surface area contributed by atoms with Gasteiger partial charge in [0.05, 0.1) is 17.3 Å². The van der Waals surface area contributed by atoms with Gasteiger partial charge in [-0.2, -0.15) is 0 Å². The van der Waals surface area contributed by atoms with Crippen LogP contribution < -0.4 is 5.32 Å². The van der Waals surface area contributed by atoms with Crippen LogP contribution in [0.2, 0.25) is 5.02 Å². The largest absolute Gasteiger partial charge is 0.459 e. The molecular formula is C24H24ClN3O2. The summed E-state index contributed by atoms with van der Waals surface area (Å²) in [6.07, 6.45) is 5.35. The van der Waals surface area contributed by atoms with E-state index in [0.29, 0.717) is 12.3 Å². The minimum absolute atomic E-state index is 0.162. The molecule has 2 heterocycles. The highest BCUT2D eigenvalue weighted by atomic mass is 35.5. The molecule has 1 N–H and O–H groups in total. The Balaban J connectivity index is 1.34. The summed E-state index contributed by atoms with van der Waals surface area (Å²) >= 11 is 6.03. The van der Waals surface area contributed by atoms with E-state index < -0.39 is 0 Å². The van der Waals surface area contributed by atoms with Crippen LogP contribution in [0.3, 0.4) is 0 Å². The standard InChI is InChI=1S/C24H24ClN3O2/c25-19-13-11-18(12-14-19)17-28-21-8-4-3-7-20(21)27-23(28)10-2-1-5-15-26-24(29)22-9-6-16-30-22/h3-4,6-9,11-14,16H,1-2,5,10,15,17H2,(H,26,29). The first-order valence-electron chi connectivity index (χ1n) is 10.2. The molecule has 0 aliphatic heterocycles. The minimum atomic E-state index is -0.162. The van der Waals surface area contributed by atoms with Crippen molar-refractivity contribution in [2.75, 3.05) is 6.54 Å². The third-order valence-electron chi connectivity index (χ3n) is 5.10. The van der Waals surface area contributed by atoms with Gasteiger partial charge in [0, 0.05) is 24.5 Å². The first-order valence-corrected chi connectivity index (χ1v) is 10.6. The maximum absolute atomic E-state index is 11.9. The predicted octanol–water partition coefficient (Wildman–Crippen LogP) is 5.47. The summed E-state index contributed by atoms with van der Waals surface area (Å²) in [4.78, 5) is 16.7. The van der Waals surface area contributed by atoms with Crippen LogP contribution in [0.5, 0.6) is 0 Å².